The molecule has 1 unspecified atom stereocenters. The summed E-state index contributed by atoms with van der Waals surface area (Å²) in [4.78, 5) is 11.2. The first kappa shape index (κ1) is 13.6. The van der Waals surface area contributed by atoms with Crippen LogP contribution in [0, 0.1) is 5.92 Å². The summed E-state index contributed by atoms with van der Waals surface area (Å²) in [5.41, 5.74) is 2.76. The van der Waals surface area contributed by atoms with E-state index in [2.05, 4.69) is 48.6 Å². The molecule has 3 rings (SSSR count). The maximum atomic E-state index is 11.2. The lowest BCUT2D eigenvalue weighted by atomic mass is 9.94. The molecule has 2 atom stereocenters. The minimum Gasteiger partial charge on any atom is -0.311 e. The van der Waals surface area contributed by atoms with Gasteiger partial charge in [0.25, 0.3) is 0 Å². The predicted octanol–water partition coefficient (Wildman–Crippen LogP) is 3.58. The van der Waals surface area contributed by atoms with Crippen LogP contribution in [0.5, 0.6) is 0 Å². The van der Waals surface area contributed by atoms with Gasteiger partial charge in [-0.15, -0.1) is 0 Å². The van der Waals surface area contributed by atoms with Crippen molar-refractivity contribution in [3.05, 3.63) is 41.5 Å². The first-order valence-corrected chi connectivity index (χ1v) is 7.73. The third-order valence-corrected chi connectivity index (χ3v) is 4.56. The Morgan fingerprint density at radius 1 is 1.20 bits per heavy atom. The van der Waals surface area contributed by atoms with Crippen LogP contribution in [0.2, 0.25) is 0 Å². The van der Waals surface area contributed by atoms with E-state index in [1.54, 1.807) is 0 Å². The van der Waals surface area contributed by atoms with E-state index in [0.29, 0.717) is 23.8 Å². The molecule has 1 aromatic rings. The van der Waals surface area contributed by atoms with E-state index in [4.69, 9.17) is 0 Å². The van der Waals surface area contributed by atoms with Crippen molar-refractivity contribution in [1.82, 2.24) is 5.32 Å². The fourth-order valence-corrected chi connectivity index (χ4v) is 3.21. The molecule has 0 spiro atoms. The normalized spacial score (nSPS) is 27.6. The smallest absolute Gasteiger partial charge is 0.133 e. The van der Waals surface area contributed by atoms with Gasteiger partial charge >= 0.3 is 0 Å². The van der Waals surface area contributed by atoms with Crippen LogP contribution in [0.1, 0.15) is 44.6 Å². The van der Waals surface area contributed by atoms with Gasteiger partial charge in [-0.2, -0.15) is 0 Å². The van der Waals surface area contributed by atoms with Gasteiger partial charge in [0, 0.05) is 24.9 Å². The summed E-state index contributed by atoms with van der Waals surface area (Å²) >= 11 is 0. The van der Waals surface area contributed by atoms with Gasteiger partial charge in [-0.1, -0.05) is 42.0 Å². The third kappa shape index (κ3) is 3.37. The number of Topliss-reactive ketones (excluding diaryl/α,β-unsaturated/α-hetero) is 1. The van der Waals surface area contributed by atoms with Crippen LogP contribution in [0.3, 0.4) is 0 Å². The van der Waals surface area contributed by atoms with Crippen molar-refractivity contribution in [2.75, 3.05) is 0 Å². The number of benzene rings is 1. The molecular weight excluding hydrogens is 246 g/mol. The fourth-order valence-electron chi connectivity index (χ4n) is 3.21. The zero-order valence-electron chi connectivity index (χ0n) is 12.1. The zero-order chi connectivity index (χ0) is 13.9. The van der Waals surface area contributed by atoms with Crippen molar-refractivity contribution in [2.24, 2.45) is 5.92 Å². The molecular formula is C18H23NO. The molecule has 106 valence electrons. The topological polar surface area (TPSA) is 29.1 Å². The second-order valence-electron chi connectivity index (χ2n) is 6.23. The first-order valence-electron chi connectivity index (χ1n) is 7.73. The Morgan fingerprint density at radius 2 is 1.90 bits per heavy atom. The lowest BCUT2D eigenvalue weighted by Crippen LogP contribution is -2.35. The number of rotatable bonds is 4. The SMILES string of the molecule is C/C(=C\c1ccccc1)[C@@H]1CC1NC1CCC(=O)CC1. The monoisotopic (exact) mass is 269 g/mol. The first-order chi connectivity index (χ1) is 9.72. The van der Waals surface area contributed by atoms with Crippen LogP contribution in [-0.2, 0) is 4.79 Å². The van der Waals surface area contributed by atoms with E-state index < -0.39 is 0 Å². The van der Waals surface area contributed by atoms with Crippen LogP contribution < -0.4 is 5.32 Å². The van der Waals surface area contributed by atoms with Gasteiger partial charge in [0.2, 0.25) is 0 Å². The Morgan fingerprint density at radius 3 is 2.60 bits per heavy atom. The van der Waals surface area contributed by atoms with Gasteiger partial charge in [-0.25, -0.2) is 0 Å². The van der Waals surface area contributed by atoms with Gasteiger partial charge in [0.1, 0.15) is 5.78 Å². The fraction of sp³-hybridized carbons (Fsp3) is 0.500. The lowest BCUT2D eigenvalue weighted by molar-refractivity contribution is -0.120. The summed E-state index contributed by atoms with van der Waals surface area (Å²) in [6.07, 6.45) is 7.16. The minimum atomic E-state index is 0.440. The van der Waals surface area contributed by atoms with Gasteiger partial charge in [-0.3, -0.25) is 4.79 Å². The highest BCUT2D eigenvalue weighted by atomic mass is 16.1. The van der Waals surface area contributed by atoms with E-state index >= 15 is 0 Å². The highest BCUT2D eigenvalue weighted by Crippen LogP contribution is 2.39. The highest BCUT2D eigenvalue weighted by molar-refractivity contribution is 5.79. The zero-order valence-corrected chi connectivity index (χ0v) is 12.1. The van der Waals surface area contributed by atoms with Gasteiger partial charge in [-0.05, 0) is 37.7 Å². The van der Waals surface area contributed by atoms with E-state index in [0.717, 1.165) is 25.7 Å². The summed E-state index contributed by atoms with van der Waals surface area (Å²) < 4.78 is 0. The van der Waals surface area contributed by atoms with Crippen LogP contribution >= 0.6 is 0 Å². The number of ketones is 1. The number of hydrogen-bond donors (Lipinski definition) is 1. The molecule has 2 heteroatoms. The molecule has 2 fully saturated rings. The Bertz CT molecular complexity index is 495. The van der Waals surface area contributed by atoms with Crippen molar-refractivity contribution >= 4 is 11.9 Å². The average Bonchev–Trinajstić information content (AvgIpc) is 3.22. The van der Waals surface area contributed by atoms with E-state index in [9.17, 15) is 4.79 Å². The van der Waals surface area contributed by atoms with Crippen LogP contribution in [0.15, 0.2) is 35.9 Å². The van der Waals surface area contributed by atoms with Crippen molar-refractivity contribution in [3.63, 3.8) is 0 Å². The van der Waals surface area contributed by atoms with Crippen LogP contribution in [0.4, 0.5) is 0 Å². The molecule has 2 aliphatic rings. The van der Waals surface area contributed by atoms with Crippen molar-refractivity contribution in [3.8, 4) is 0 Å². The molecule has 0 aromatic heterocycles. The number of nitrogens with one attached hydrogen (secondary N) is 1. The van der Waals surface area contributed by atoms with E-state index in [-0.39, 0.29) is 0 Å². The van der Waals surface area contributed by atoms with Gasteiger partial charge in [0.05, 0.1) is 0 Å². The number of hydrogen-bond acceptors (Lipinski definition) is 2. The number of carbonyl (C=O) groups is 1. The summed E-state index contributed by atoms with van der Waals surface area (Å²) in [6, 6.07) is 11.7. The predicted molar refractivity (Wildman–Crippen MR) is 82.4 cm³/mol. The third-order valence-electron chi connectivity index (χ3n) is 4.56. The Balaban J connectivity index is 1.51. The molecule has 2 nitrogen and oxygen atoms in total. The lowest BCUT2D eigenvalue weighted by Gasteiger charge is -2.22. The average molecular weight is 269 g/mol. The van der Waals surface area contributed by atoms with Crippen LogP contribution in [-0.4, -0.2) is 17.9 Å². The minimum absolute atomic E-state index is 0.440. The molecule has 1 N–H and O–H groups in total. The maximum Gasteiger partial charge on any atom is 0.133 e. The molecule has 0 saturated heterocycles. The quantitative estimate of drug-likeness (QED) is 0.905. The Kier molecular flexibility index (Phi) is 4.02. The van der Waals surface area contributed by atoms with Crippen molar-refractivity contribution < 1.29 is 4.79 Å². The summed E-state index contributed by atoms with van der Waals surface area (Å²) in [7, 11) is 0. The van der Waals surface area contributed by atoms with Crippen molar-refractivity contribution in [1.29, 1.82) is 0 Å². The highest BCUT2D eigenvalue weighted by Gasteiger charge is 2.39. The molecule has 1 aromatic carbocycles. The summed E-state index contributed by atoms with van der Waals surface area (Å²) in [5.74, 6) is 1.13. The van der Waals surface area contributed by atoms with Crippen molar-refractivity contribution in [2.45, 2.75) is 51.1 Å². The summed E-state index contributed by atoms with van der Waals surface area (Å²) in [5, 5.41) is 3.74. The largest absolute Gasteiger partial charge is 0.311 e. The molecule has 0 bridgehead atoms. The Labute approximate surface area is 121 Å². The summed E-state index contributed by atoms with van der Waals surface area (Å²) in [6.45, 7) is 2.24. The molecule has 0 aliphatic heterocycles. The standard InChI is InChI=1S/C18H23NO/c1-13(11-14-5-3-2-4-6-14)17-12-18(17)19-15-7-9-16(20)10-8-15/h2-6,11,15,17-19H,7-10,12H2,1H3/b13-11+/t17-,18?/m0/s1. The molecule has 2 saturated carbocycles. The number of carbonyl (C=O) groups excluding carboxylic acids is 1. The van der Waals surface area contributed by atoms with Crippen LogP contribution in [0.25, 0.3) is 6.08 Å². The Hall–Kier alpha value is -1.41. The van der Waals surface area contributed by atoms with E-state index in [1.807, 2.05) is 0 Å². The molecule has 0 amide bonds. The second-order valence-corrected chi connectivity index (χ2v) is 6.23. The van der Waals surface area contributed by atoms with Gasteiger partial charge < -0.3 is 5.32 Å². The molecule has 20 heavy (non-hydrogen) atoms. The molecule has 0 heterocycles. The second kappa shape index (κ2) is 5.92. The molecule has 2 aliphatic carbocycles. The van der Waals surface area contributed by atoms with E-state index in [1.165, 1.54) is 17.6 Å². The van der Waals surface area contributed by atoms with Gasteiger partial charge in [0.15, 0.2) is 0 Å². The molecule has 0 radical (unpaired) electrons. The maximum absolute atomic E-state index is 11.2.